The molecule has 1 amide bonds. The quantitative estimate of drug-likeness (QED) is 0.460. The van der Waals surface area contributed by atoms with E-state index in [4.69, 9.17) is 0 Å². The number of benzene rings is 1. The third kappa shape index (κ3) is 4.58. The molecule has 0 unspecified atom stereocenters. The molecule has 0 aliphatic carbocycles. The van der Waals surface area contributed by atoms with Crippen molar-refractivity contribution < 1.29 is 13.2 Å². The summed E-state index contributed by atoms with van der Waals surface area (Å²) in [4.78, 5) is 43.3. The molecule has 0 saturated carbocycles. The third-order valence-electron chi connectivity index (χ3n) is 3.94. The third-order valence-corrected chi connectivity index (χ3v) is 5.45. The Kier molecular flexibility index (Phi) is 5.59. The second-order valence-electron chi connectivity index (χ2n) is 6.06. The summed E-state index contributed by atoms with van der Waals surface area (Å²) in [6.07, 6.45) is 3.20. The van der Waals surface area contributed by atoms with Gasteiger partial charge in [-0.3, -0.25) is 24.3 Å². The van der Waals surface area contributed by atoms with Crippen LogP contribution >= 0.6 is 0 Å². The molecular formula is C18H17N5O5S. The Morgan fingerprint density at radius 2 is 1.86 bits per heavy atom. The molecule has 2 aromatic heterocycles. The summed E-state index contributed by atoms with van der Waals surface area (Å²) in [5, 5.41) is 2.68. The SMILES string of the molecule is Cc1[nH]c(=O)[nH]c(=O)c1S(=O)(=O)Nc1ccccc1C(=O)NCc1cccnc1. The first-order valence-electron chi connectivity index (χ1n) is 8.40. The molecule has 0 bridgehead atoms. The fourth-order valence-corrected chi connectivity index (χ4v) is 3.98. The first-order chi connectivity index (χ1) is 13.8. The summed E-state index contributed by atoms with van der Waals surface area (Å²) in [6, 6.07) is 9.47. The van der Waals surface area contributed by atoms with E-state index >= 15 is 0 Å². The summed E-state index contributed by atoms with van der Waals surface area (Å²) in [6.45, 7) is 1.49. The Morgan fingerprint density at radius 1 is 1.10 bits per heavy atom. The van der Waals surface area contributed by atoms with Crippen LogP contribution in [0, 0.1) is 6.92 Å². The number of H-pyrrole nitrogens is 2. The molecule has 3 rings (SSSR count). The molecule has 4 N–H and O–H groups in total. The van der Waals surface area contributed by atoms with Crippen LogP contribution in [-0.2, 0) is 16.6 Å². The number of carbonyl (C=O) groups is 1. The van der Waals surface area contributed by atoms with Crippen molar-refractivity contribution in [1.82, 2.24) is 20.3 Å². The zero-order chi connectivity index (χ0) is 21.0. The zero-order valence-corrected chi connectivity index (χ0v) is 16.0. The van der Waals surface area contributed by atoms with Crippen LogP contribution in [0.15, 0.2) is 63.3 Å². The van der Waals surface area contributed by atoms with Crippen molar-refractivity contribution in [1.29, 1.82) is 0 Å². The average Bonchev–Trinajstić information content (AvgIpc) is 2.66. The molecule has 150 valence electrons. The largest absolute Gasteiger partial charge is 0.348 e. The summed E-state index contributed by atoms with van der Waals surface area (Å²) in [7, 11) is -4.37. The maximum atomic E-state index is 12.7. The number of hydrogen-bond donors (Lipinski definition) is 4. The van der Waals surface area contributed by atoms with Gasteiger partial charge in [-0.15, -0.1) is 0 Å². The van der Waals surface area contributed by atoms with Gasteiger partial charge in [0.1, 0.15) is 0 Å². The summed E-state index contributed by atoms with van der Waals surface area (Å²) in [5.74, 6) is -0.515. The molecule has 0 spiro atoms. The lowest BCUT2D eigenvalue weighted by Gasteiger charge is -2.13. The van der Waals surface area contributed by atoms with Crippen LogP contribution in [0.5, 0.6) is 0 Å². The fourth-order valence-electron chi connectivity index (χ4n) is 2.66. The minimum atomic E-state index is -4.37. The van der Waals surface area contributed by atoms with E-state index in [-0.39, 0.29) is 23.5 Å². The monoisotopic (exact) mass is 415 g/mol. The normalized spacial score (nSPS) is 11.1. The number of rotatable bonds is 6. The summed E-state index contributed by atoms with van der Waals surface area (Å²) in [5.41, 5.74) is -1.17. The van der Waals surface area contributed by atoms with Gasteiger partial charge in [0.25, 0.3) is 21.5 Å². The molecule has 2 heterocycles. The van der Waals surface area contributed by atoms with E-state index in [9.17, 15) is 22.8 Å². The molecule has 0 fully saturated rings. The number of nitrogens with one attached hydrogen (secondary N) is 4. The second-order valence-corrected chi connectivity index (χ2v) is 7.68. The van der Waals surface area contributed by atoms with Crippen LogP contribution in [0.3, 0.4) is 0 Å². The predicted molar refractivity (Wildman–Crippen MR) is 105 cm³/mol. The fraction of sp³-hybridized carbons (Fsp3) is 0.111. The number of sulfonamides is 1. The Labute approximate surface area is 165 Å². The zero-order valence-electron chi connectivity index (χ0n) is 15.2. The molecular weight excluding hydrogens is 398 g/mol. The minimum Gasteiger partial charge on any atom is -0.348 e. The lowest BCUT2D eigenvalue weighted by atomic mass is 10.1. The van der Waals surface area contributed by atoms with E-state index in [1.165, 1.54) is 19.1 Å². The highest BCUT2D eigenvalue weighted by Crippen LogP contribution is 2.19. The van der Waals surface area contributed by atoms with E-state index in [0.29, 0.717) is 0 Å². The second kappa shape index (κ2) is 8.10. The van der Waals surface area contributed by atoms with Crippen LogP contribution in [0.1, 0.15) is 21.6 Å². The number of para-hydroxylation sites is 1. The maximum Gasteiger partial charge on any atom is 0.325 e. The van der Waals surface area contributed by atoms with Gasteiger partial charge < -0.3 is 10.3 Å². The summed E-state index contributed by atoms with van der Waals surface area (Å²) < 4.78 is 27.7. The van der Waals surface area contributed by atoms with Crippen molar-refractivity contribution in [3.63, 3.8) is 0 Å². The number of nitrogens with zero attached hydrogens (tertiary/aromatic N) is 1. The Bertz CT molecular complexity index is 1270. The lowest BCUT2D eigenvalue weighted by molar-refractivity contribution is 0.0952. The highest BCUT2D eigenvalue weighted by molar-refractivity contribution is 7.92. The van der Waals surface area contributed by atoms with Gasteiger partial charge >= 0.3 is 5.69 Å². The molecule has 0 atom stereocenters. The molecule has 3 aromatic rings. The van der Waals surface area contributed by atoms with Gasteiger partial charge in [-0.25, -0.2) is 13.2 Å². The predicted octanol–water partition coefficient (Wildman–Crippen LogP) is 0.497. The van der Waals surface area contributed by atoms with Crippen LogP contribution < -0.4 is 21.3 Å². The Hall–Kier alpha value is -3.73. The van der Waals surface area contributed by atoms with Crippen LogP contribution in [0.2, 0.25) is 0 Å². The molecule has 0 aliphatic rings. The maximum absolute atomic E-state index is 12.7. The van der Waals surface area contributed by atoms with Crippen molar-refractivity contribution in [2.24, 2.45) is 0 Å². The lowest BCUT2D eigenvalue weighted by Crippen LogP contribution is -2.32. The highest BCUT2D eigenvalue weighted by Gasteiger charge is 2.24. The standard InChI is InChI=1S/C18H17N5O5S/c1-11-15(17(25)22-18(26)21-11)29(27,28)23-14-7-3-2-6-13(14)16(24)20-10-12-5-4-8-19-9-12/h2-9,23H,10H2,1H3,(H,20,24)(H2,21,22,25,26). The number of aromatic nitrogens is 3. The molecule has 29 heavy (non-hydrogen) atoms. The minimum absolute atomic E-state index is 0.0128. The topological polar surface area (TPSA) is 154 Å². The van der Waals surface area contributed by atoms with Crippen LogP contribution in [0.25, 0.3) is 0 Å². The van der Waals surface area contributed by atoms with Gasteiger partial charge in [-0.1, -0.05) is 18.2 Å². The van der Waals surface area contributed by atoms with Gasteiger partial charge in [-0.2, -0.15) is 0 Å². The molecule has 0 radical (unpaired) electrons. The van der Waals surface area contributed by atoms with E-state index in [2.05, 4.69) is 20.0 Å². The van der Waals surface area contributed by atoms with Gasteiger partial charge in [-0.05, 0) is 30.7 Å². The molecule has 0 aliphatic heterocycles. The number of carbonyl (C=O) groups excluding carboxylic acids is 1. The van der Waals surface area contributed by atoms with E-state index in [1.54, 1.807) is 36.7 Å². The molecule has 11 heteroatoms. The van der Waals surface area contributed by atoms with Gasteiger partial charge in [0.15, 0.2) is 4.90 Å². The van der Waals surface area contributed by atoms with E-state index < -0.39 is 32.1 Å². The van der Waals surface area contributed by atoms with E-state index in [0.717, 1.165) is 5.56 Å². The number of anilines is 1. The van der Waals surface area contributed by atoms with Crippen molar-refractivity contribution >= 4 is 21.6 Å². The summed E-state index contributed by atoms with van der Waals surface area (Å²) >= 11 is 0. The van der Waals surface area contributed by atoms with E-state index in [1.807, 2.05) is 4.98 Å². The van der Waals surface area contributed by atoms with Gasteiger partial charge in [0, 0.05) is 24.6 Å². The van der Waals surface area contributed by atoms with Gasteiger partial charge in [0.05, 0.1) is 11.3 Å². The number of aromatic amines is 2. The average molecular weight is 415 g/mol. The van der Waals surface area contributed by atoms with Crippen molar-refractivity contribution in [3.8, 4) is 0 Å². The highest BCUT2D eigenvalue weighted by atomic mass is 32.2. The Balaban J connectivity index is 1.88. The Morgan fingerprint density at radius 3 is 2.55 bits per heavy atom. The smallest absolute Gasteiger partial charge is 0.325 e. The first-order valence-corrected chi connectivity index (χ1v) is 9.88. The van der Waals surface area contributed by atoms with Gasteiger partial charge in [0.2, 0.25) is 0 Å². The molecule has 1 aromatic carbocycles. The van der Waals surface area contributed by atoms with Crippen LogP contribution in [0.4, 0.5) is 5.69 Å². The van der Waals surface area contributed by atoms with Crippen LogP contribution in [-0.4, -0.2) is 29.3 Å². The molecule has 10 nitrogen and oxygen atoms in total. The van der Waals surface area contributed by atoms with Crippen molar-refractivity contribution in [3.05, 3.63) is 86.5 Å². The molecule has 0 saturated heterocycles. The number of pyridine rings is 1. The number of aryl methyl sites for hydroxylation is 1. The first kappa shape index (κ1) is 20.0. The number of hydrogen-bond acceptors (Lipinski definition) is 6. The van der Waals surface area contributed by atoms with Crippen molar-refractivity contribution in [2.45, 2.75) is 18.4 Å². The van der Waals surface area contributed by atoms with Crippen molar-refractivity contribution in [2.75, 3.05) is 4.72 Å². The number of amides is 1.